The number of carbonyl (C=O) groups is 1. The molecule has 3 heterocycles. The van der Waals surface area contributed by atoms with Crippen molar-refractivity contribution in [2.24, 2.45) is 0 Å². The first-order chi connectivity index (χ1) is 10.2. The molecule has 4 nitrogen and oxygen atoms in total. The van der Waals surface area contributed by atoms with Crippen LogP contribution in [0.15, 0.2) is 35.0 Å². The van der Waals surface area contributed by atoms with Crippen molar-refractivity contribution in [1.29, 1.82) is 0 Å². The molecule has 2 aromatic heterocycles. The zero-order valence-electron chi connectivity index (χ0n) is 12.1. The quantitative estimate of drug-likeness (QED) is 0.948. The van der Waals surface area contributed by atoms with E-state index in [1.54, 1.807) is 11.3 Å². The van der Waals surface area contributed by atoms with Gasteiger partial charge in [0.15, 0.2) is 0 Å². The number of carbonyl (C=O) groups excluding carboxylic acids is 1. The van der Waals surface area contributed by atoms with Crippen LogP contribution in [0, 0.1) is 6.92 Å². The van der Waals surface area contributed by atoms with E-state index in [9.17, 15) is 4.79 Å². The molecule has 0 unspecified atom stereocenters. The van der Waals surface area contributed by atoms with Gasteiger partial charge in [-0.2, -0.15) is 11.3 Å². The minimum atomic E-state index is 0.0281. The first-order valence-electron chi connectivity index (χ1n) is 7.24. The Kier molecular flexibility index (Phi) is 4.20. The van der Waals surface area contributed by atoms with Crippen LogP contribution >= 0.6 is 11.3 Å². The van der Waals surface area contributed by atoms with Crippen molar-refractivity contribution in [2.75, 3.05) is 18.0 Å². The Hall–Kier alpha value is -1.88. The van der Waals surface area contributed by atoms with Crippen molar-refractivity contribution in [3.05, 3.63) is 46.3 Å². The Bertz CT molecular complexity index is 612. The predicted molar refractivity (Wildman–Crippen MR) is 86.0 cm³/mol. The van der Waals surface area contributed by atoms with Gasteiger partial charge in [-0.05, 0) is 43.3 Å². The van der Waals surface area contributed by atoms with Crippen LogP contribution in [0.2, 0.25) is 0 Å². The third-order valence-electron chi connectivity index (χ3n) is 3.74. The number of thiophene rings is 1. The van der Waals surface area contributed by atoms with E-state index in [1.807, 2.05) is 41.9 Å². The molecule has 1 saturated heterocycles. The number of aromatic nitrogens is 1. The molecule has 1 atom stereocenters. The molecule has 3 rings (SSSR count). The van der Waals surface area contributed by atoms with Crippen molar-refractivity contribution in [2.45, 2.75) is 25.8 Å². The minimum Gasteiger partial charge on any atom is -0.355 e. The lowest BCUT2D eigenvalue weighted by Gasteiger charge is -2.34. The molecule has 110 valence electrons. The summed E-state index contributed by atoms with van der Waals surface area (Å²) in [5, 5.41) is 6.95. The van der Waals surface area contributed by atoms with Gasteiger partial charge in [0, 0.05) is 35.8 Å². The van der Waals surface area contributed by atoms with Crippen molar-refractivity contribution >= 4 is 23.1 Å². The lowest BCUT2D eigenvalue weighted by atomic mass is 10.1. The summed E-state index contributed by atoms with van der Waals surface area (Å²) in [7, 11) is 0. The van der Waals surface area contributed by atoms with E-state index in [1.165, 1.54) is 0 Å². The first-order valence-corrected chi connectivity index (χ1v) is 8.18. The molecule has 5 heteroatoms. The Labute approximate surface area is 128 Å². The molecular weight excluding hydrogens is 282 g/mol. The Morgan fingerprint density at radius 1 is 1.43 bits per heavy atom. The molecule has 1 aliphatic rings. The summed E-state index contributed by atoms with van der Waals surface area (Å²) in [4.78, 5) is 19.0. The topological polar surface area (TPSA) is 45.2 Å². The van der Waals surface area contributed by atoms with Crippen molar-refractivity contribution in [3.63, 3.8) is 0 Å². The molecule has 0 spiro atoms. The molecule has 0 saturated carbocycles. The Morgan fingerprint density at radius 3 is 3.10 bits per heavy atom. The fourth-order valence-electron chi connectivity index (χ4n) is 2.67. The molecule has 1 amide bonds. The van der Waals surface area contributed by atoms with Crippen LogP contribution in [0.5, 0.6) is 0 Å². The number of hydrogen-bond acceptors (Lipinski definition) is 4. The summed E-state index contributed by atoms with van der Waals surface area (Å²) < 4.78 is 0. The summed E-state index contributed by atoms with van der Waals surface area (Å²) in [6.07, 6.45) is 2.10. The van der Waals surface area contributed by atoms with E-state index >= 15 is 0 Å². The fraction of sp³-hybridized carbons (Fsp3) is 0.375. The number of hydrogen-bond donors (Lipinski definition) is 1. The molecule has 2 aromatic rings. The smallest absolute Gasteiger partial charge is 0.252 e. The Balaban J connectivity index is 1.64. The predicted octanol–water partition coefficient (Wildman–Crippen LogP) is 2.85. The van der Waals surface area contributed by atoms with Gasteiger partial charge in [-0.15, -0.1) is 0 Å². The van der Waals surface area contributed by atoms with Gasteiger partial charge in [0.05, 0.1) is 0 Å². The van der Waals surface area contributed by atoms with Crippen LogP contribution in [0.4, 0.5) is 5.82 Å². The van der Waals surface area contributed by atoms with Gasteiger partial charge in [0.2, 0.25) is 0 Å². The fourth-order valence-corrected chi connectivity index (χ4v) is 3.31. The molecule has 1 aliphatic heterocycles. The Morgan fingerprint density at radius 2 is 2.33 bits per heavy atom. The van der Waals surface area contributed by atoms with Gasteiger partial charge in [0.1, 0.15) is 5.82 Å². The highest BCUT2D eigenvalue weighted by molar-refractivity contribution is 7.08. The minimum absolute atomic E-state index is 0.0281. The highest BCUT2D eigenvalue weighted by Gasteiger charge is 2.22. The van der Waals surface area contributed by atoms with Gasteiger partial charge in [-0.3, -0.25) is 4.79 Å². The van der Waals surface area contributed by atoms with Gasteiger partial charge in [-0.25, -0.2) is 4.98 Å². The maximum atomic E-state index is 12.1. The lowest BCUT2D eigenvalue weighted by Crippen LogP contribution is -2.48. The number of piperidine rings is 1. The van der Waals surface area contributed by atoms with E-state index in [-0.39, 0.29) is 11.9 Å². The monoisotopic (exact) mass is 301 g/mol. The molecule has 0 aliphatic carbocycles. The number of nitrogens with one attached hydrogen (secondary N) is 1. The van der Waals surface area contributed by atoms with E-state index < -0.39 is 0 Å². The summed E-state index contributed by atoms with van der Waals surface area (Å²) >= 11 is 1.55. The average molecular weight is 301 g/mol. The molecule has 21 heavy (non-hydrogen) atoms. The average Bonchev–Trinajstić information content (AvgIpc) is 3.02. The SMILES string of the molecule is Cc1cccc(N2CCC[C@@H](NC(=O)c3ccsc3)C2)n1. The van der Waals surface area contributed by atoms with Gasteiger partial charge >= 0.3 is 0 Å². The zero-order chi connectivity index (χ0) is 14.7. The molecule has 0 radical (unpaired) electrons. The van der Waals surface area contributed by atoms with Gasteiger partial charge in [0.25, 0.3) is 5.91 Å². The molecule has 0 bridgehead atoms. The number of aryl methyl sites for hydroxylation is 1. The van der Waals surface area contributed by atoms with Crippen LogP contribution in [0.1, 0.15) is 28.9 Å². The number of rotatable bonds is 3. The maximum absolute atomic E-state index is 12.1. The van der Waals surface area contributed by atoms with Crippen LogP contribution in [-0.2, 0) is 0 Å². The third kappa shape index (κ3) is 3.42. The summed E-state index contributed by atoms with van der Waals surface area (Å²) in [5.74, 6) is 1.03. The standard InChI is InChI=1S/C16H19N3OS/c1-12-4-2-6-15(17-12)19-8-3-5-14(10-19)18-16(20)13-7-9-21-11-13/h2,4,6-7,9,11,14H,3,5,8,10H2,1H3,(H,18,20)/t14-/m1/s1. The highest BCUT2D eigenvalue weighted by Crippen LogP contribution is 2.18. The normalized spacial score (nSPS) is 18.5. The summed E-state index contributed by atoms with van der Waals surface area (Å²) in [6, 6.07) is 8.13. The number of nitrogens with zero attached hydrogens (tertiary/aromatic N) is 2. The van der Waals surface area contributed by atoms with Crippen molar-refractivity contribution < 1.29 is 4.79 Å². The lowest BCUT2D eigenvalue weighted by molar-refractivity contribution is 0.0933. The summed E-state index contributed by atoms with van der Waals surface area (Å²) in [5.41, 5.74) is 1.78. The number of anilines is 1. The zero-order valence-corrected chi connectivity index (χ0v) is 12.9. The molecule has 1 N–H and O–H groups in total. The van der Waals surface area contributed by atoms with Crippen molar-refractivity contribution in [1.82, 2.24) is 10.3 Å². The second-order valence-corrected chi connectivity index (χ2v) is 6.19. The van der Waals surface area contributed by atoms with Crippen LogP contribution in [0.25, 0.3) is 0 Å². The highest BCUT2D eigenvalue weighted by atomic mass is 32.1. The van der Waals surface area contributed by atoms with Crippen LogP contribution in [-0.4, -0.2) is 30.0 Å². The second-order valence-electron chi connectivity index (χ2n) is 5.41. The van der Waals surface area contributed by atoms with E-state index in [0.29, 0.717) is 0 Å². The van der Waals surface area contributed by atoms with Gasteiger partial charge in [-0.1, -0.05) is 6.07 Å². The number of amides is 1. The van der Waals surface area contributed by atoms with Gasteiger partial charge < -0.3 is 10.2 Å². The van der Waals surface area contributed by atoms with E-state index in [2.05, 4.69) is 15.2 Å². The third-order valence-corrected chi connectivity index (χ3v) is 4.42. The van der Waals surface area contributed by atoms with Crippen LogP contribution in [0.3, 0.4) is 0 Å². The molecular formula is C16H19N3OS. The largest absolute Gasteiger partial charge is 0.355 e. The number of pyridine rings is 1. The van der Waals surface area contributed by atoms with Crippen LogP contribution < -0.4 is 10.2 Å². The molecule has 0 aromatic carbocycles. The summed E-state index contributed by atoms with van der Waals surface area (Å²) in [6.45, 7) is 3.83. The first kappa shape index (κ1) is 14.1. The van der Waals surface area contributed by atoms with Crippen molar-refractivity contribution in [3.8, 4) is 0 Å². The maximum Gasteiger partial charge on any atom is 0.252 e. The molecule has 1 fully saturated rings. The van der Waals surface area contributed by atoms with E-state index in [4.69, 9.17) is 0 Å². The van der Waals surface area contributed by atoms with E-state index in [0.717, 1.165) is 43.0 Å². The second kappa shape index (κ2) is 6.26.